The summed E-state index contributed by atoms with van der Waals surface area (Å²) >= 11 is 0. The molecule has 0 saturated carbocycles. The van der Waals surface area contributed by atoms with Gasteiger partial charge >= 0.3 is 0 Å². The summed E-state index contributed by atoms with van der Waals surface area (Å²) in [5, 5.41) is 13.1. The van der Waals surface area contributed by atoms with Gasteiger partial charge in [0.15, 0.2) is 6.10 Å². The Balaban J connectivity index is 2.02. The molecule has 0 saturated heterocycles. The first kappa shape index (κ1) is 8.67. The summed E-state index contributed by atoms with van der Waals surface area (Å²) in [7, 11) is 0. The SMILES string of the molecule is OCC1ON=C2c3ccncc3OCC21. The van der Waals surface area contributed by atoms with Crippen LogP contribution in [0.15, 0.2) is 23.6 Å². The third-order valence-electron chi connectivity index (χ3n) is 2.75. The van der Waals surface area contributed by atoms with Crippen molar-refractivity contribution in [2.75, 3.05) is 13.2 Å². The zero-order valence-corrected chi connectivity index (χ0v) is 7.96. The molecular formula is C10H10N2O3. The predicted molar refractivity (Wildman–Crippen MR) is 51.7 cm³/mol. The van der Waals surface area contributed by atoms with Crippen molar-refractivity contribution in [1.29, 1.82) is 0 Å². The number of hydrogen-bond acceptors (Lipinski definition) is 5. The maximum Gasteiger partial charge on any atom is 0.162 e. The average molecular weight is 206 g/mol. The molecule has 1 aromatic heterocycles. The van der Waals surface area contributed by atoms with Crippen LogP contribution in [0.3, 0.4) is 0 Å². The van der Waals surface area contributed by atoms with Gasteiger partial charge in [0.05, 0.1) is 18.7 Å². The first-order chi connectivity index (χ1) is 7.40. The standard InChI is InChI=1S/C10H10N2O3/c13-4-9-7-5-14-8-3-11-2-1-6(8)10(7)12-15-9/h1-3,7,9,13H,4-5H2. The minimum atomic E-state index is -0.277. The highest BCUT2D eigenvalue weighted by Crippen LogP contribution is 2.32. The van der Waals surface area contributed by atoms with Crippen molar-refractivity contribution in [2.24, 2.45) is 11.1 Å². The Labute approximate surface area is 86.3 Å². The van der Waals surface area contributed by atoms with Crippen LogP contribution in [0.2, 0.25) is 0 Å². The van der Waals surface area contributed by atoms with Gasteiger partial charge in [-0.25, -0.2) is 0 Å². The maximum absolute atomic E-state index is 9.09. The number of nitrogens with zero attached hydrogens (tertiary/aromatic N) is 2. The fourth-order valence-electron chi connectivity index (χ4n) is 1.92. The maximum atomic E-state index is 9.09. The highest BCUT2D eigenvalue weighted by molar-refractivity contribution is 6.05. The Hall–Kier alpha value is -1.62. The lowest BCUT2D eigenvalue weighted by Crippen LogP contribution is -2.35. The lowest BCUT2D eigenvalue weighted by Gasteiger charge is -2.23. The van der Waals surface area contributed by atoms with Gasteiger partial charge in [0.2, 0.25) is 0 Å². The number of oxime groups is 1. The molecule has 0 radical (unpaired) electrons. The summed E-state index contributed by atoms with van der Waals surface area (Å²) in [6.07, 6.45) is 3.08. The number of aromatic nitrogens is 1. The molecule has 2 unspecified atom stereocenters. The van der Waals surface area contributed by atoms with Crippen LogP contribution in [0.1, 0.15) is 5.56 Å². The number of hydrogen-bond donors (Lipinski definition) is 1. The molecule has 2 aliphatic heterocycles. The molecule has 0 spiro atoms. The average Bonchev–Trinajstić information content (AvgIpc) is 2.72. The molecule has 0 fully saturated rings. The summed E-state index contributed by atoms with van der Waals surface area (Å²) < 4.78 is 5.54. The van der Waals surface area contributed by atoms with E-state index in [9.17, 15) is 0 Å². The number of ether oxygens (including phenoxy) is 1. The minimum absolute atomic E-state index is 0.0323. The molecule has 1 N–H and O–H groups in total. The monoisotopic (exact) mass is 206 g/mol. The van der Waals surface area contributed by atoms with Crippen LogP contribution in [-0.2, 0) is 4.84 Å². The fraction of sp³-hybridized carbons (Fsp3) is 0.400. The van der Waals surface area contributed by atoms with Crippen molar-refractivity contribution in [2.45, 2.75) is 6.10 Å². The number of aliphatic hydroxyl groups excluding tert-OH is 1. The van der Waals surface area contributed by atoms with E-state index in [4.69, 9.17) is 14.7 Å². The zero-order valence-electron chi connectivity index (χ0n) is 7.96. The molecule has 0 amide bonds. The summed E-state index contributed by atoms with van der Waals surface area (Å²) in [5.41, 5.74) is 1.77. The largest absolute Gasteiger partial charge is 0.490 e. The van der Waals surface area contributed by atoms with Crippen LogP contribution >= 0.6 is 0 Å². The Morgan fingerprint density at radius 2 is 2.47 bits per heavy atom. The quantitative estimate of drug-likeness (QED) is 0.712. The Morgan fingerprint density at radius 1 is 1.53 bits per heavy atom. The number of fused-ring (bicyclic) bond motifs is 3. The molecule has 78 valence electrons. The molecule has 0 aliphatic carbocycles. The van der Waals surface area contributed by atoms with E-state index in [1.165, 1.54) is 0 Å². The van der Waals surface area contributed by atoms with E-state index >= 15 is 0 Å². The molecule has 3 rings (SSSR count). The molecule has 0 aromatic carbocycles. The van der Waals surface area contributed by atoms with Crippen molar-refractivity contribution < 1.29 is 14.7 Å². The second-order valence-electron chi connectivity index (χ2n) is 3.59. The van der Waals surface area contributed by atoms with E-state index in [1.807, 2.05) is 6.07 Å². The van der Waals surface area contributed by atoms with Gasteiger partial charge in [-0.05, 0) is 6.07 Å². The van der Waals surface area contributed by atoms with E-state index in [-0.39, 0.29) is 18.6 Å². The first-order valence-electron chi connectivity index (χ1n) is 4.82. The fourth-order valence-corrected chi connectivity index (χ4v) is 1.92. The lowest BCUT2D eigenvalue weighted by atomic mass is 9.91. The van der Waals surface area contributed by atoms with E-state index < -0.39 is 0 Å². The third-order valence-corrected chi connectivity index (χ3v) is 2.75. The Kier molecular flexibility index (Phi) is 1.85. The van der Waals surface area contributed by atoms with Gasteiger partial charge in [0.25, 0.3) is 0 Å². The smallest absolute Gasteiger partial charge is 0.162 e. The number of pyridine rings is 1. The third kappa shape index (κ3) is 1.20. The highest BCUT2D eigenvalue weighted by atomic mass is 16.7. The molecule has 2 atom stereocenters. The van der Waals surface area contributed by atoms with Gasteiger partial charge in [0, 0.05) is 11.8 Å². The summed E-state index contributed by atoms with van der Waals surface area (Å²) in [6, 6.07) is 1.85. The van der Waals surface area contributed by atoms with E-state index in [0.29, 0.717) is 6.61 Å². The van der Waals surface area contributed by atoms with Crippen LogP contribution in [0.5, 0.6) is 5.75 Å². The Bertz CT molecular complexity index is 419. The minimum Gasteiger partial charge on any atom is -0.490 e. The van der Waals surface area contributed by atoms with E-state index in [1.54, 1.807) is 12.4 Å². The molecule has 3 heterocycles. The van der Waals surface area contributed by atoms with Crippen LogP contribution in [-0.4, -0.2) is 35.1 Å². The van der Waals surface area contributed by atoms with Crippen molar-refractivity contribution in [3.8, 4) is 5.75 Å². The van der Waals surface area contributed by atoms with Gasteiger partial charge in [0.1, 0.15) is 18.1 Å². The van der Waals surface area contributed by atoms with Crippen LogP contribution in [0.4, 0.5) is 0 Å². The van der Waals surface area contributed by atoms with Gasteiger partial charge in [-0.2, -0.15) is 0 Å². The summed E-state index contributed by atoms with van der Waals surface area (Å²) in [4.78, 5) is 9.12. The van der Waals surface area contributed by atoms with Gasteiger partial charge in [-0.1, -0.05) is 5.16 Å². The molecular weight excluding hydrogens is 196 g/mol. The lowest BCUT2D eigenvalue weighted by molar-refractivity contribution is 0.00844. The van der Waals surface area contributed by atoms with E-state index in [2.05, 4.69) is 10.1 Å². The number of aliphatic hydroxyl groups is 1. The van der Waals surface area contributed by atoms with Crippen LogP contribution in [0.25, 0.3) is 0 Å². The highest BCUT2D eigenvalue weighted by Gasteiger charge is 2.39. The van der Waals surface area contributed by atoms with Crippen molar-refractivity contribution in [3.63, 3.8) is 0 Å². The first-order valence-corrected chi connectivity index (χ1v) is 4.82. The molecule has 2 aliphatic rings. The zero-order chi connectivity index (χ0) is 10.3. The normalized spacial score (nSPS) is 27.1. The van der Waals surface area contributed by atoms with Gasteiger partial charge in [-0.3, -0.25) is 4.98 Å². The van der Waals surface area contributed by atoms with Crippen LogP contribution < -0.4 is 4.74 Å². The summed E-state index contributed by atoms with van der Waals surface area (Å²) in [6.45, 7) is 0.449. The Morgan fingerprint density at radius 3 is 3.33 bits per heavy atom. The molecule has 5 nitrogen and oxygen atoms in total. The van der Waals surface area contributed by atoms with E-state index in [0.717, 1.165) is 17.0 Å². The molecule has 1 aromatic rings. The second kappa shape index (κ2) is 3.20. The van der Waals surface area contributed by atoms with Gasteiger partial charge in [-0.15, -0.1) is 0 Å². The van der Waals surface area contributed by atoms with Crippen molar-refractivity contribution >= 4 is 5.71 Å². The number of rotatable bonds is 1. The topological polar surface area (TPSA) is 63.9 Å². The predicted octanol–water partition coefficient (Wildman–Crippen LogP) is 0.185. The summed E-state index contributed by atoms with van der Waals surface area (Å²) in [5.74, 6) is 0.764. The second-order valence-corrected chi connectivity index (χ2v) is 3.59. The molecule has 0 bridgehead atoms. The van der Waals surface area contributed by atoms with Crippen molar-refractivity contribution in [3.05, 3.63) is 24.0 Å². The molecule has 15 heavy (non-hydrogen) atoms. The van der Waals surface area contributed by atoms with Gasteiger partial charge < -0.3 is 14.7 Å². The molecule has 5 heteroatoms. The van der Waals surface area contributed by atoms with Crippen LogP contribution in [0, 0.1) is 5.92 Å². The van der Waals surface area contributed by atoms with Crippen molar-refractivity contribution in [1.82, 2.24) is 4.98 Å².